The molecule has 0 spiro atoms. The van der Waals surface area contributed by atoms with Crippen LogP contribution in [0.2, 0.25) is 0 Å². The van der Waals surface area contributed by atoms with Crippen molar-refractivity contribution in [1.29, 1.82) is 0 Å². The van der Waals surface area contributed by atoms with E-state index < -0.39 is 23.5 Å². The molecule has 0 radical (unpaired) electrons. The molecule has 0 fully saturated rings. The lowest BCUT2D eigenvalue weighted by atomic mass is 9.89. The maximum atomic E-state index is 12.6. The van der Waals surface area contributed by atoms with E-state index in [2.05, 4.69) is 34.9 Å². The summed E-state index contributed by atoms with van der Waals surface area (Å²) in [6.07, 6.45) is -0.510. The monoisotopic (exact) mass is 466 g/mol. The molecule has 0 aliphatic heterocycles. The first-order valence-corrected chi connectivity index (χ1v) is 11.7. The Hall–Kier alpha value is -3.35. The Bertz CT molecular complexity index is 1000. The van der Waals surface area contributed by atoms with E-state index >= 15 is 0 Å². The molecule has 1 atom stereocenters. The highest BCUT2D eigenvalue weighted by Gasteiger charge is 2.30. The number of fused-ring (bicyclic) bond motifs is 3. The molecule has 0 unspecified atom stereocenters. The number of hydrogen-bond acceptors (Lipinski definition) is 4. The lowest BCUT2D eigenvalue weighted by molar-refractivity contribution is -0.139. The number of ether oxygens (including phenoxy) is 1. The summed E-state index contributed by atoms with van der Waals surface area (Å²) in [5.41, 5.74) is 4.04. The van der Waals surface area contributed by atoms with Crippen molar-refractivity contribution in [2.75, 3.05) is 13.2 Å². The van der Waals surface area contributed by atoms with E-state index in [1.54, 1.807) is 13.8 Å². The van der Waals surface area contributed by atoms with Crippen LogP contribution in [0.25, 0.3) is 11.1 Å². The molecule has 0 bridgehead atoms. The van der Waals surface area contributed by atoms with E-state index in [0.717, 1.165) is 22.3 Å². The molecule has 7 nitrogen and oxygen atoms in total. The van der Waals surface area contributed by atoms with E-state index in [4.69, 9.17) is 9.84 Å². The number of rotatable bonds is 10. The third-order valence-corrected chi connectivity index (χ3v) is 6.25. The summed E-state index contributed by atoms with van der Waals surface area (Å²) in [6.45, 7) is 7.88. The fourth-order valence-corrected chi connectivity index (χ4v) is 4.33. The Balaban J connectivity index is 1.56. The second-order valence-corrected chi connectivity index (χ2v) is 10.0. The Morgan fingerprint density at radius 2 is 1.56 bits per heavy atom. The third kappa shape index (κ3) is 6.37. The van der Waals surface area contributed by atoms with Crippen LogP contribution in [0.5, 0.6) is 0 Å². The Morgan fingerprint density at radius 1 is 1.00 bits per heavy atom. The first kappa shape index (κ1) is 25.3. The van der Waals surface area contributed by atoms with Crippen LogP contribution in [-0.2, 0) is 14.3 Å². The molecule has 1 aliphatic rings. The van der Waals surface area contributed by atoms with Crippen LogP contribution in [0.3, 0.4) is 0 Å². The molecule has 0 heterocycles. The summed E-state index contributed by atoms with van der Waals surface area (Å²) in [4.78, 5) is 36.1. The van der Waals surface area contributed by atoms with Crippen molar-refractivity contribution in [2.45, 2.75) is 52.5 Å². The van der Waals surface area contributed by atoms with Crippen molar-refractivity contribution < 1.29 is 24.2 Å². The predicted octanol–water partition coefficient (Wildman–Crippen LogP) is 4.56. The van der Waals surface area contributed by atoms with Crippen LogP contribution < -0.4 is 10.6 Å². The van der Waals surface area contributed by atoms with Crippen molar-refractivity contribution in [3.63, 3.8) is 0 Å². The van der Waals surface area contributed by atoms with Gasteiger partial charge in [-0.25, -0.2) is 4.79 Å². The van der Waals surface area contributed by atoms with Gasteiger partial charge in [0.15, 0.2) is 0 Å². The van der Waals surface area contributed by atoms with Gasteiger partial charge in [-0.2, -0.15) is 0 Å². The minimum atomic E-state index is -0.906. The lowest BCUT2D eigenvalue weighted by Gasteiger charge is -2.25. The minimum absolute atomic E-state index is 0.0123. The molecular formula is C27H34N2O5. The van der Waals surface area contributed by atoms with Crippen LogP contribution >= 0.6 is 0 Å². The normalized spacial score (nSPS) is 13.7. The maximum absolute atomic E-state index is 12.6. The van der Waals surface area contributed by atoms with Crippen molar-refractivity contribution in [3.05, 3.63) is 59.7 Å². The number of benzene rings is 2. The summed E-state index contributed by atoms with van der Waals surface area (Å²) in [5.74, 6) is -1.17. The van der Waals surface area contributed by atoms with Gasteiger partial charge in [0.1, 0.15) is 6.61 Å². The molecule has 0 aromatic heterocycles. The quantitative estimate of drug-likeness (QED) is 0.476. The van der Waals surface area contributed by atoms with Crippen LogP contribution in [0.4, 0.5) is 4.79 Å². The van der Waals surface area contributed by atoms with Crippen molar-refractivity contribution in [1.82, 2.24) is 10.6 Å². The standard InChI is InChI=1S/C27H34N2O5/c1-17(2)23(13-24(30)28-16-27(3,4)14-25(31)32)29-26(33)34-15-22-20-11-7-5-9-18(20)19-10-6-8-12-21(19)22/h5-12,17,22-23H,13-16H2,1-4H3,(H,28,30)(H,29,33)(H,31,32)/t23-/m0/s1. The highest BCUT2D eigenvalue weighted by molar-refractivity contribution is 5.79. The Kier molecular flexibility index (Phi) is 7.97. The number of carboxylic acids is 1. The molecule has 2 amide bonds. The summed E-state index contributed by atoms with van der Waals surface area (Å²) in [7, 11) is 0. The molecule has 0 saturated carbocycles. The number of amides is 2. The number of carbonyl (C=O) groups excluding carboxylic acids is 2. The lowest BCUT2D eigenvalue weighted by Crippen LogP contribution is -2.44. The molecule has 3 rings (SSSR count). The zero-order chi connectivity index (χ0) is 24.9. The van der Waals surface area contributed by atoms with E-state index in [-0.39, 0.29) is 43.7 Å². The van der Waals surface area contributed by atoms with Crippen molar-refractivity contribution >= 4 is 18.0 Å². The van der Waals surface area contributed by atoms with E-state index in [1.165, 1.54) is 0 Å². The second-order valence-electron chi connectivity index (χ2n) is 10.0. The van der Waals surface area contributed by atoms with Gasteiger partial charge >= 0.3 is 12.1 Å². The highest BCUT2D eigenvalue weighted by atomic mass is 16.5. The van der Waals surface area contributed by atoms with Crippen LogP contribution in [0, 0.1) is 11.3 Å². The Morgan fingerprint density at radius 3 is 2.09 bits per heavy atom. The van der Waals surface area contributed by atoms with Gasteiger partial charge in [-0.1, -0.05) is 76.2 Å². The van der Waals surface area contributed by atoms with Crippen LogP contribution in [0.15, 0.2) is 48.5 Å². The van der Waals surface area contributed by atoms with E-state index in [0.29, 0.717) is 0 Å². The minimum Gasteiger partial charge on any atom is -0.481 e. The molecule has 182 valence electrons. The number of carboxylic acid groups (broad SMARTS) is 1. The van der Waals surface area contributed by atoms with Crippen LogP contribution in [-0.4, -0.2) is 42.3 Å². The van der Waals surface area contributed by atoms with E-state index in [9.17, 15) is 14.4 Å². The zero-order valence-electron chi connectivity index (χ0n) is 20.3. The maximum Gasteiger partial charge on any atom is 0.407 e. The fraction of sp³-hybridized carbons (Fsp3) is 0.444. The SMILES string of the molecule is CC(C)[C@H](CC(=O)NCC(C)(C)CC(=O)O)NC(=O)OCC1c2ccccc2-c2ccccc21. The number of nitrogens with one attached hydrogen (secondary N) is 2. The van der Waals surface area contributed by atoms with Crippen molar-refractivity contribution in [3.8, 4) is 11.1 Å². The molecule has 2 aromatic rings. The molecular weight excluding hydrogens is 432 g/mol. The number of alkyl carbamates (subject to hydrolysis) is 1. The first-order chi connectivity index (χ1) is 16.1. The predicted molar refractivity (Wildman–Crippen MR) is 130 cm³/mol. The average Bonchev–Trinajstić information content (AvgIpc) is 3.09. The van der Waals surface area contributed by atoms with Gasteiger partial charge < -0.3 is 20.5 Å². The summed E-state index contributed by atoms with van der Waals surface area (Å²) in [6, 6.07) is 15.9. The first-order valence-electron chi connectivity index (χ1n) is 11.7. The van der Waals surface area contributed by atoms with Gasteiger partial charge in [0.25, 0.3) is 0 Å². The molecule has 2 aromatic carbocycles. The number of carbonyl (C=O) groups is 3. The topological polar surface area (TPSA) is 105 Å². The average molecular weight is 467 g/mol. The van der Waals surface area contributed by atoms with Gasteiger partial charge in [-0.3, -0.25) is 9.59 Å². The molecule has 3 N–H and O–H groups in total. The van der Waals surface area contributed by atoms with Crippen LogP contribution in [0.1, 0.15) is 57.6 Å². The molecule has 0 saturated heterocycles. The van der Waals surface area contributed by atoms with Gasteiger partial charge in [0.2, 0.25) is 5.91 Å². The van der Waals surface area contributed by atoms with Gasteiger partial charge in [-0.15, -0.1) is 0 Å². The zero-order valence-corrected chi connectivity index (χ0v) is 20.3. The Labute approximate surface area is 200 Å². The highest BCUT2D eigenvalue weighted by Crippen LogP contribution is 2.44. The van der Waals surface area contributed by atoms with Gasteiger partial charge in [0.05, 0.1) is 6.42 Å². The van der Waals surface area contributed by atoms with Gasteiger partial charge in [0, 0.05) is 24.9 Å². The van der Waals surface area contributed by atoms with Crippen molar-refractivity contribution in [2.24, 2.45) is 11.3 Å². The smallest absolute Gasteiger partial charge is 0.407 e. The van der Waals surface area contributed by atoms with Gasteiger partial charge in [-0.05, 0) is 33.6 Å². The number of aliphatic carboxylic acids is 1. The molecule has 7 heteroatoms. The largest absolute Gasteiger partial charge is 0.481 e. The summed E-state index contributed by atoms with van der Waals surface area (Å²) in [5, 5.41) is 14.6. The number of hydrogen-bond donors (Lipinski definition) is 3. The fourth-order valence-electron chi connectivity index (χ4n) is 4.33. The molecule has 34 heavy (non-hydrogen) atoms. The summed E-state index contributed by atoms with van der Waals surface area (Å²) >= 11 is 0. The third-order valence-electron chi connectivity index (χ3n) is 6.25. The summed E-state index contributed by atoms with van der Waals surface area (Å²) < 4.78 is 5.61. The molecule has 1 aliphatic carbocycles. The second kappa shape index (κ2) is 10.7. The van der Waals surface area contributed by atoms with E-state index in [1.807, 2.05) is 38.1 Å².